The second-order valence-electron chi connectivity index (χ2n) is 6.71. The summed E-state index contributed by atoms with van der Waals surface area (Å²) in [5.74, 6) is -0.559. The summed E-state index contributed by atoms with van der Waals surface area (Å²) < 4.78 is 26.9. The summed E-state index contributed by atoms with van der Waals surface area (Å²) in [6.07, 6.45) is 2.79. The van der Waals surface area contributed by atoms with E-state index in [2.05, 4.69) is 10.6 Å². The number of amides is 2. The average Bonchev–Trinajstić information content (AvgIpc) is 2.68. The van der Waals surface area contributed by atoms with Gasteiger partial charge < -0.3 is 10.6 Å². The zero-order valence-corrected chi connectivity index (χ0v) is 16.5. The number of carbonyl (C=O) groups is 2. The molecule has 0 atom stereocenters. The molecule has 0 radical (unpaired) electrons. The maximum absolute atomic E-state index is 12.7. The molecule has 3 rings (SSSR count). The van der Waals surface area contributed by atoms with E-state index < -0.39 is 10.0 Å². The predicted octanol–water partition coefficient (Wildman–Crippen LogP) is 3.07. The van der Waals surface area contributed by atoms with E-state index in [1.165, 1.54) is 35.5 Å². The Morgan fingerprint density at radius 1 is 0.893 bits per heavy atom. The number of nitrogens with zero attached hydrogens (tertiary/aromatic N) is 1. The van der Waals surface area contributed by atoms with Gasteiger partial charge in [0.2, 0.25) is 15.9 Å². The lowest BCUT2D eigenvalue weighted by atomic mass is 10.2. The predicted molar refractivity (Wildman–Crippen MR) is 108 cm³/mol. The number of sulfonamides is 1. The molecule has 1 aliphatic heterocycles. The second kappa shape index (κ2) is 8.53. The van der Waals surface area contributed by atoms with E-state index in [0.29, 0.717) is 30.0 Å². The first-order valence-corrected chi connectivity index (χ1v) is 10.6. The van der Waals surface area contributed by atoms with Gasteiger partial charge in [0.15, 0.2) is 0 Å². The molecule has 0 aliphatic carbocycles. The minimum absolute atomic E-state index is 0.193. The number of hydrogen-bond donors (Lipinski definition) is 2. The maximum Gasteiger partial charge on any atom is 0.255 e. The summed E-state index contributed by atoms with van der Waals surface area (Å²) in [5, 5.41) is 5.40. The summed E-state index contributed by atoms with van der Waals surface area (Å²) in [7, 11) is -3.52. The Bertz CT molecular complexity index is 965. The van der Waals surface area contributed by atoms with Crippen molar-refractivity contribution in [2.45, 2.75) is 31.1 Å². The fraction of sp³-hybridized carbons (Fsp3) is 0.300. The SMILES string of the molecule is CC(=O)Nc1cccc(NC(=O)c2ccc(S(=O)(=O)N3CCCCC3)cc2)c1. The molecule has 1 aliphatic rings. The molecular formula is C20H23N3O4S. The lowest BCUT2D eigenvalue weighted by Gasteiger charge is -2.25. The van der Waals surface area contributed by atoms with E-state index >= 15 is 0 Å². The fourth-order valence-corrected chi connectivity index (χ4v) is 4.63. The Hall–Kier alpha value is -2.71. The summed E-state index contributed by atoms with van der Waals surface area (Å²) in [6, 6.07) is 12.7. The van der Waals surface area contributed by atoms with Crippen molar-refractivity contribution in [3.05, 3.63) is 54.1 Å². The van der Waals surface area contributed by atoms with Gasteiger partial charge in [0.05, 0.1) is 4.90 Å². The third-order valence-electron chi connectivity index (χ3n) is 4.51. The maximum atomic E-state index is 12.7. The number of rotatable bonds is 5. The van der Waals surface area contributed by atoms with Crippen LogP contribution in [0.2, 0.25) is 0 Å². The van der Waals surface area contributed by atoms with Crippen molar-refractivity contribution < 1.29 is 18.0 Å². The van der Waals surface area contributed by atoms with Crippen LogP contribution in [0.5, 0.6) is 0 Å². The third-order valence-corrected chi connectivity index (χ3v) is 6.42. The smallest absolute Gasteiger partial charge is 0.255 e. The summed E-state index contributed by atoms with van der Waals surface area (Å²) >= 11 is 0. The number of anilines is 2. The van der Waals surface area contributed by atoms with Crippen molar-refractivity contribution in [1.29, 1.82) is 0 Å². The largest absolute Gasteiger partial charge is 0.326 e. The Morgan fingerprint density at radius 3 is 2.11 bits per heavy atom. The first-order valence-electron chi connectivity index (χ1n) is 9.15. The van der Waals surface area contributed by atoms with Gasteiger partial charge in [0.25, 0.3) is 5.91 Å². The van der Waals surface area contributed by atoms with E-state index in [4.69, 9.17) is 0 Å². The quantitative estimate of drug-likeness (QED) is 0.805. The minimum atomic E-state index is -3.52. The number of benzene rings is 2. The van der Waals surface area contributed by atoms with Gasteiger partial charge in [-0.2, -0.15) is 4.31 Å². The summed E-state index contributed by atoms with van der Waals surface area (Å²) in [5.41, 5.74) is 1.46. The first kappa shape index (κ1) is 20.0. The highest BCUT2D eigenvalue weighted by Crippen LogP contribution is 2.21. The van der Waals surface area contributed by atoms with Crippen LogP contribution in [0.3, 0.4) is 0 Å². The number of nitrogens with one attached hydrogen (secondary N) is 2. The van der Waals surface area contributed by atoms with Gasteiger partial charge in [-0.05, 0) is 55.3 Å². The monoisotopic (exact) mass is 401 g/mol. The van der Waals surface area contributed by atoms with Gasteiger partial charge in [0, 0.05) is 37.0 Å². The molecular weight excluding hydrogens is 378 g/mol. The molecule has 2 amide bonds. The Kier molecular flexibility index (Phi) is 6.11. The van der Waals surface area contributed by atoms with Crippen molar-refractivity contribution >= 4 is 33.2 Å². The molecule has 148 valence electrons. The number of hydrogen-bond acceptors (Lipinski definition) is 4. The van der Waals surface area contributed by atoms with Crippen LogP contribution in [0.4, 0.5) is 11.4 Å². The first-order chi connectivity index (χ1) is 13.4. The Balaban J connectivity index is 1.71. The normalized spacial score (nSPS) is 15.0. The molecule has 0 saturated carbocycles. The van der Waals surface area contributed by atoms with Crippen LogP contribution in [0.1, 0.15) is 36.5 Å². The highest BCUT2D eigenvalue weighted by molar-refractivity contribution is 7.89. The molecule has 1 fully saturated rings. The molecule has 0 spiro atoms. The summed E-state index contributed by atoms with van der Waals surface area (Å²) in [6.45, 7) is 2.48. The number of piperidine rings is 1. The average molecular weight is 401 g/mol. The zero-order chi connectivity index (χ0) is 20.1. The third kappa shape index (κ3) is 4.76. The molecule has 2 N–H and O–H groups in total. The molecule has 0 bridgehead atoms. The van der Waals surface area contributed by atoms with Crippen LogP contribution in [-0.4, -0.2) is 37.6 Å². The van der Waals surface area contributed by atoms with Crippen LogP contribution in [0, 0.1) is 0 Å². The van der Waals surface area contributed by atoms with Crippen molar-refractivity contribution in [3.63, 3.8) is 0 Å². The lowest BCUT2D eigenvalue weighted by molar-refractivity contribution is -0.114. The molecule has 2 aromatic carbocycles. The van der Waals surface area contributed by atoms with Gasteiger partial charge in [-0.25, -0.2) is 8.42 Å². The van der Waals surface area contributed by atoms with Crippen molar-refractivity contribution in [3.8, 4) is 0 Å². The highest BCUT2D eigenvalue weighted by Gasteiger charge is 2.25. The fourth-order valence-electron chi connectivity index (χ4n) is 3.11. The molecule has 0 aromatic heterocycles. The zero-order valence-electron chi connectivity index (χ0n) is 15.6. The van der Waals surface area contributed by atoms with Crippen LogP contribution in [0.15, 0.2) is 53.4 Å². The Labute approximate surface area is 164 Å². The van der Waals surface area contributed by atoms with Crippen LogP contribution < -0.4 is 10.6 Å². The van der Waals surface area contributed by atoms with Gasteiger partial charge in [-0.3, -0.25) is 9.59 Å². The molecule has 7 nitrogen and oxygen atoms in total. The molecule has 1 saturated heterocycles. The van der Waals surface area contributed by atoms with Gasteiger partial charge in [-0.15, -0.1) is 0 Å². The van der Waals surface area contributed by atoms with Crippen LogP contribution in [0.25, 0.3) is 0 Å². The summed E-state index contributed by atoms with van der Waals surface area (Å²) in [4.78, 5) is 23.8. The van der Waals surface area contributed by atoms with E-state index in [1.807, 2.05) is 0 Å². The number of carbonyl (C=O) groups excluding carboxylic acids is 2. The van der Waals surface area contributed by atoms with Crippen LogP contribution >= 0.6 is 0 Å². The topological polar surface area (TPSA) is 95.6 Å². The molecule has 2 aromatic rings. The van der Waals surface area contributed by atoms with Gasteiger partial charge >= 0.3 is 0 Å². The molecule has 0 unspecified atom stereocenters. The van der Waals surface area contributed by atoms with E-state index in [0.717, 1.165) is 19.3 Å². The Morgan fingerprint density at radius 2 is 1.50 bits per heavy atom. The van der Waals surface area contributed by atoms with Crippen molar-refractivity contribution in [2.24, 2.45) is 0 Å². The molecule has 1 heterocycles. The second-order valence-corrected chi connectivity index (χ2v) is 8.64. The standard InChI is InChI=1S/C20H23N3O4S/c1-15(24)21-17-6-5-7-18(14-17)22-20(25)16-8-10-19(11-9-16)28(26,27)23-12-3-2-4-13-23/h5-11,14H,2-4,12-13H2,1H3,(H,21,24)(H,22,25). The van der Waals surface area contributed by atoms with E-state index in [-0.39, 0.29) is 16.7 Å². The molecule has 8 heteroatoms. The minimum Gasteiger partial charge on any atom is -0.326 e. The van der Waals surface area contributed by atoms with E-state index in [1.54, 1.807) is 24.3 Å². The van der Waals surface area contributed by atoms with Gasteiger partial charge in [-0.1, -0.05) is 12.5 Å². The lowest BCUT2D eigenvalue weighted by Crippen LogP contribution is -2.35. The van der Waals surface area contributed by atoms with Crippen molar-refractivity contribution in [1.82, 2.24) is 4.31 Å². The van der Waals surface area contributed by atoms with E-state index in [9.17, 15) is 18.0 Å². The van der Waals surface area contributed by atoms with Crippen molar-refractivity contribution in [2.75, 3.05) is 23.7 Å². The molecule has 28 heavy (non-hydrogen) atoms. The van der Waals surface area contributed by atoms with Gasteiger partial charge in [0.1, 0.15) is 0 Å². The van der Waals surface area contributed by atoms with Crippen LogP contribution in [-0.2, 0) is 14.8 Å². The highest BCUT2D eigenvalue weighted by atomic mass is 32.2.